The minimum Gasteiger partial charge on any atom is -0.483 e. The summed E-state index contributed by atoms with van der Waals surface area (Å²) in [6.07, 6.45) is 1.65. The zero-order chi connectivity index (χ0) is 14.7. The summed E-state index contributed by atoms with van der Waals surface area (Å²) in [4.78, 5) is 29.1. The molecular weight excluding hydrogens is 270 g/mol. The Morgan fingerprint density at radius 1 is 1.33 bits per heavy atom. The Balaban J connectivity index is 1.69. The molecule has 6 nitrogen and oxygen atoms in total. The molecule has 1 aromatic carbocycles. The van der Waals surface area contributed by atoms with E-state index in [-0.39, 0.29) is 25.0 Å². The normalized spacial score (nSPS) is 14.9. The van der Waals surface area contributed by atoms with E-state index in [1.54, 1.807) is 12.3 Å². The first-order chi connectivity index (χ1) is 10.2. The summed E-state index contributed by atoms with van der Waals surface area (Å²) in [5.74, 6) is 0.296. The van der Waals surface area contributed by atoms with Gasteiger partial charge in [0.15, 0.2) is 6.61 Å². The molecule has 1 aromatic heterocycles. The SMILES string of the molecule is O=C1CN(C(=O)COc2ccnc3ccccc23)CCN1. The maximum absolute atomic E-state index is 12.1. The van der Waals surface area contributed by atoms with Crippen LogP contribution in [0.5, 0.6) is 5.75 Å². The average Bonchev–Trinajstić information content (AvgIpc) is 2.52. The highest BCUT2D eigenvalue weighted by Gasteiger charge is 2.21. The van der Waals surface area contributed by atoms with Crippen LogP contribution in [-0.2, 0) is 9.59 Å². The number of nitrogens with zero attached hydrogens (tertiary/aromatic N) is 2. The van der Waals surface area contributed by atoms with Gasteiger partial charge in [-0.1, -0.05) is 12.1 Å². The van der Waals surface area contributed by atoms with Crippen molar-refractivity contribution in [3.63, 3.8) is 0 Å². The number of piperazine rings is 1. The third kappa shape index (κ3) is 2.94. The van der Waals surface area contributed by atoms with Crippen molar-refractivity contribution in [3.8, 4) is 5.75 Å². The van der Waals surface area contributed by atoms with E-state index in [1.807, 2.05) is 24.3 Å². The topological polar surface area (TPSA) is 71.5 Å². The molecule has 0 aliphatic carbocycles. The minimum absolute atomic E-state index is 0.0821. The second-order valence-electron chi connectivity index (χ2n) is 4.78. The fourth-order valence-corrected chi connectivity index (χ4v) is 2.28. The smallest absolute Gasteiger partial charge is 0.261 e. The fourth-order valence-electron chi connectivity index (χ4n) is 2.28. The Hall–Kier alpha value is -2.63. The summed E-state index contributed by atoms with van der Waals surface area (Å²) in [6, 6.07) is 9.32. The van der Waals surface area contributed by atoms with Crippen LogP contribution in [0.25, 0.3) is 10.9 Å². The third-order valence-electron chi connectivity index (χ3n) is 3.35. The summed E-state index contributed by atoms with van der Waals surface area (Å²) in [7, 11) is 0. The molecule has 0 atom stereocenters. The average molecular weight is 285 g/mol. The van der Waals surface area contributed by atoms with Crippen LogP contribution in [-0.4, -0.2) is 47.9 Å². The zero-order valence-corrected chi connectivity index (χ0v) is 11.4. The van der Waals surface area contributed by atoms with Crippen LogP contribution in [0.2, 0.25) is 0 Å². The molecule has 1 saturated heterocycles. The molecule has 2 amide bonds. The molecule has 2 heterocycles. The van der Waals surface area contributed by atoms with E-state index in [1.165, 1.54) is 4.90 Å². The molecule has 0 bridgehead atoms. The molecule has 1 fully saturated rings. The first-order valence-corrected chi connectivity index (χ1v) is 6.75. The van der Waals surface area contributed by atoms with Gasteiger partial charge in [0, 0.05) is 24.7 Å². The largest absolute Gasteiger partial charge is 0.483 e. The van der Waals surface area contributed by atoms with E-state index < -0.39 is 0 Å². The summed E-state index contributed by atoms with van der Waals surface area (Å²) in [5, 5.41) is 3.55. The summed E-state index contributed by atoms with van der Waals surface area (Å²) < 4.78 is 5.61. The monoisotopic (exact) mass is 285 g/mol. The van der Waals surface area contributed by atoms with Gasteiger partial charge in [-0.2, -0.15) is 0 Å². The lowest BCUT2D eigenvalue weighted by atomic mass is 10.2. The van der Waals surface area contributed by atoms with E-state index in [9.17, 15) is 9.59 Å². The summed E-state index contributed by atoms with van der Waals surface area (Å²) in [6.45, 7) is 1.02. The van der Waals surface area contributed by atoms with E-state index in [0.29, 0.717) is 18.8 Å². The number of fused-ring (bicyclic) bond motifs is 1. The number of carbonyl (C=O) groups is 2. The van der Waals surface area contributed by atoms with Gasteiger partial charge in [-0.25, -0.2) is 0 Å². The van der Waals surface area contributed by atoms with Gasteiger partial charge in [0.05, 0.1) is 12.1 Å². The lowest BCUT2D eigenvalue weighted by molar-refractivity contribution is -0.139. The Bertz CT molecular complexity index is 681. The highest BCUT2D eigenvalue weighted by atomic mass is 16.5. The second kappa shape index (κ2) is 5.78. The first kappa shape index (κ1) is 13.4. The lowest BCUT2D eigenvalue weighted by Crippen LogP contribution is -2.51. The van der Waals surface area contributed by atoms with E-state index >= 15 is 0 Å². The van der Waals surface area contributed by atoms with Crippen LogP contribution in [0, 0.1) is 0 Å². The van der Waals surface area contributed by atoms with Crippen LogP contribution in [0.4, 0.5) is 0 Å². The number of hydrogen-bond acceptors (Lipinski definition) is 4. The maximum Gasteiger partial charge on any atom is 0.261 e. The number of rotatable bonds is 3. The molecule has 1 N–H and O–H groups in total. The molecule has 2 aromatic rings. The molecule has 108 valence electrons. The van der Waals surface area contributed by atoms with Crippen molar-refractivity contribution in [1.82, 2.24) is 15.2 Å². The Kier molecular flexibility index (Phi) is 3.68. The predicted octanol–water partition coefficient (Wildman–Crippen LogP) is 0.572. The molecule has 0 radical (unpaired) electrons. The maximum atomic E-state index is 12.1. The van der Waals surface area contributed by atoms with Crippen molar-refractivity contribution in [3.05, 3.63) is 36.5 Å². The molecule has 0 unspecified atom stereocenters. The van der Waals surface area contributed by atoms with Gasteiger partial charge in [-0.3, -0.25) is 14.6 Å². The zero-order valence-electron chi connectivity index (χ0n) is 11.4. The number of para-hydroxylation sites is 1. The number of pyridine rings is 1. The van der Waals surface area contributed by atoms with Crippen LogP contribution in [0.1, 0.15) is 0 Å². The number of hydrogen-bond donors (Lipinski definition) is 1. The first-order valence-electron chi connectivity index (χ1n) is 6.75. The Morgan fingerprint density at radius 3 is 3.05 bits per heavy atom. The number of carbonyl (C=O) groups excluding carboxylic acids is 2. The van der Waals surface area contributed by atoms with Crippen molar-refractivity contribution in [2.45, 2.75) is 0 Å². The van der Waals surface area contributed by atoms with Crippen LogP contribution >= 0.6 is 0 Å². The van der Waals surface area contributed by atoms with Crippen LogP contribution < -0.4 is 10.1 Å². The Labute approximate surface area is 121 Å². The standard InChI is InChI=1S/C15H15N3O3/c19-14-9-18(8-7-17-14)15(20)10-21-13-5-6-16-12-4-2-1-3-11(12)13/h1-6H,7-10H2,(H,17,19). The Morgan fingerprint density at radius 2 is 2.19 bits per heavy atom. The third-order valence-corrected chi connectivity index (χ3v) is 3.35. The van der Waals surface area contributed by atoms with Gasteiger partial charge in [0.1, 0.15) is 5.75 Å². The molecular formula is C15H15N3O3. The molecule has 3 rings (SSSR count). The summed E-state index contributed by atoms with van der Waals surface area (Å²) >= 11 is 0. The van der Waals surface area contributed by atoms with E-state index in [0.717, 1.165) is 10.9 Å². The quantitative estimate of drug-likeness (QED) is 0.895. The van der Waals surface area contributed by atoms with Crippen LogP contribution in [0.3, 0.4) is 0 Å². The van der Waals surface area contributed by atoms with Gasteiger partial charge in [0.25, 0.3) is 5.91 Å². The number of benzene rings is 1. The van der Waals surface area contributed by atoms with Crippen molar-refractivity contribution in [2.75, 3.05) is 26.2 Å². The van der Waals surface area contributed by atoms with Gasteiger partial charge < -0.3 is 15.0 Å². The van der Waals surface area contributed by atoms with Gasteiger partial charge in [-0.15, -0.1) is 0 Å². The minimum atomic E-state index is -0.189. The molecule has 1 aliphatic heterocycles. The van der Waals surface area contributed by atoms with E-state index in [4.69, 9.17) is 4.74 Å². The van der Waals surface area contributed by atoms with Crippen LogP contribution in [0.15, 0.2) is 36.5 Å². The van der Waals surface area contributed by atoms with Crippen molar-refractivity contribution in [2.24, 2.45) is 0 Å². The second-order valence-corrected chi connectivity index (χ2v) is 4.78. The van der Waals surface area contributed by atoms with Crippen molar-refractivity contribution in [1.29, 1.82) is 0 Å². The van der Waals surface area contributed by atoms with Crippen molar-refractivity contribution >= 4 is 22.7 Å². The molecule has 0 spiro atoms. The van der Waals surface area contributed by atoms with Gasteiger partial charge >= 0.3 is 0 Å². The molecule has 6 heteroatoms. The molecule has 21 heavy (non-hydrogen) atoms. The fraction of sp³-hybridized carbons (Fsp3) is 0.267. The van der Waals surface area contributed by atoms with Crippen molar-refractivity contribution < 1.29 is 14.3 Å². The number of aromatic nitrogens is 1. The number of ether oxygens (including phenoxy) is 1. The lowest BCUT2D eigenvalue weighted by Gasteiger charge is -2.26. The summed E-state index contributed by atoms with van der Waals surface area (Å²) in [5.41, 5.74) is 0.819. The predicted molar refractivity (Wildman–Crippen MR) is 76.8 cm³/mol. The van der Waals surface area contributed by atoms with Gasteiger partial charge in [0.2, 0.25) is 5.91 Å². The number of nitrogens with one attached hydrogen (secondary N) is 1. The molecule has 0 saturated carbocycles. The van der Waals surface area contributed by atoms with Gasteiger partial charge in [-0.05, 0) is 18.2 Å². The van der Waals surface area contributed by atoms with E-state index in [2.05, 4.69) is 10.3 Å². The highest BCUT2D eigenvalue weighted by molar-refractivity contribution is 5.87. The highest BCUT2D eigenvalue weighted by Crippen LogP contribution is 2.23. The number of amides is 2. The molecule has 1 aliphatic rings.